The molecule has 1 heterocycles. The van der Waals surface area contributed by atoms with E-state index in [-0.39, 0.29) is 24.5 Å². The second-order valence-corrected chi connectivity index (χ2v) is 4.32. The summed E-state index contributed by atoms with van der Waals surface area (Å²) < 4.78 is 15.2. The molecule has 1 aromatic carbocycles. The minimum atomic E-state index is -0.697. The Morgan fingerprint density at radius 3 is 2.95 bits per heavy atom. The summed E-state index contributed by atoms with van der Waals surface area (Å²) in [4.78, 5) is 9.86. The van der Waals surface area contributed by atoms with E-state index in [1.165, 1.54) is 12.1 Å². The fourth-order valence-corrected chi connectivity index (χ4v) is 1.71. The number of halogens is 1. The van der Waals surface area contributed by atoms with Crippen LogP contribution in [0.5, 0.6) is 0 Å². The zero-order chi connectivity index (χ0) is 15.2. The van der Waals surface area contributed by atoms with Gasteiger partial charge in [0.25, 0.3) is 5.69 Å². The molecule has 0 bridgehead atoms. The maximum Gasteiger partial charge on any atom is 0.272 e. The van der Waals surface area contributed by atoms with Gasteiger partial charge in [0.05, 0.1) is 29.4 Å². The highest BCUT2D eigenvalue weighted by Crippen LogP contribution is 2.20. The molecule has 2 rings (SSSR count). The third-order valence-corrected chi connectivity index (χ3v) is 2.75. The lowest BCUT2D eigenvalue weighted by Gasteiger charge is -2.05. The number of hydrogen-bond donors (Lipinski definition) is 2. The molecule has 0 radical (unpaired) electrons. The van der Waals surface area contributed by atoms with Crippen molar-refractivity contribution in [2.45, 2.75) is 19.5 Å². The van der Waals surface area contributed by atoms with Gasteiger partial charge in [-0.3, -0.25) is 14.8 Å². The number of aliphatic hydroxyl groups excluding tert-OH is 1. The molecule has 9 heteroatoms. The van der Waals surface area contributed by atoms with E-state index in [2.05, 4.69) is 15.6 Å². The zero-order valence-electron chi connectivity index (χ0n) is 11.1. The van der Waals surface area contributed by atoms with Gasteiger partial charge < -0.3 is 10.4 Å². The number of hydrogen-bond acceptors (Lipinski definition) is 6. The van der Waals surface area contributed by atoms with Crippen molar-refractivity contribution in [3.8, 4) is 0 Å². The topological polar surface area (TPSA) is 106 Å². The number of benzene rings is 1. The summed E-state index contributed by atoms with van der Waals surface area (Å²) in [7, 11) is 0. The van der Waals surface area contributed by atoms with Crippen LogP contribution in [0.3, 0.4) is 0 Å². The Hall–Kier alpha value is -2.55. The van der Waals surface area contributed by atoms with Crippen molar-refractivity contribution in [2.75, 3.05) is 11.9 Å². The first-order chi connectivity index (χ1) is 10.1. The molecule has 0 saturated carbocycles. The van der Waals surface area contributed by atoms with Crippen LogP contribution in [0.15, 0.2) is 24.4 Å². The normalized spacial score (nSPS) is 10.6. The highest BCUT2D eigenvalue weighted by Gasteiger charge is 2.10. The Morgan fingerprint density at radius 2 is 2.29 bits per heavy atom. The summed E-state index contributed by atoms with van der Waals surface area (Å²) in [5.74, 6) is -0.697. The van der Waals surface area contributed by atoms with E-state index < -0.39 is 10.7 Å². The number of nitrogens with zero attached hydrogens (tertiary/aromatic N) is 4. The lowest BCUT2D eigenvalue weighted by Crippen LogP contribution is -2.02. The van der Waals surface area contributed by atoms with Gasteiger partial charge in [-0.1, -0.05) is 5.21 Å². The van der Waals surface area contributed by atoms with Crippen LogP contribution in [0.1, 0.15) is 12.1 Å². The summed E-state index contributed by atoms with van der Waals surface area (Å²) in [6, 6.07) is 3.40. The number of aromatic nitrogens is 3. The molecule has 0 aliphatic carbocycles. The highest BCUT2D eigenvalue weighted by molar-refractivity contribution is 5.50. The van der Waals surface area contributed by atoms with Crippen LogP contribution in [0.4, 0.5) is 15.8 Å². The van der Waals surface area contributed by atoms with Crippen molar-refractivity contribution < 1.29 is 14.4 Å². The number of anilines is 1. The third-order valence-electron chi connectivity index (χ3n) is 2.75. The van der Waals surface area contributed by atoms with Gasteiger partial charge in [-0.25, -0.2) is 4.39 Å². The molecule has 1 aromatic heterocycles. The molecule has 0 amide bonds. The van der Waals surface area contributed by atoms with Crippen molar-refractivity contribution in [1.82, 2.24) is 15.0 Å². The first-order valence-corrected chi connectivity index (χ1v) is 6.28. The van der Waals surface area contributed by atoms with Crippen molar-refractivity contribution in [3.05, 3.63) is 46.0 Å². The maximum atomic E-state index is 13.6. The van der Waals surface area contributed by atoms with Crippen LogP contribution in [-0.4, -0.2) is 31.6 Å². The number of aliphatic hydroxyl groups is 1. The second-order valence-electron chi connectivity index (χ2n) is 4.32. The fraction of sp³-hybridized carbons (Fsp3) is 0.333. The lowest BCUT2D eigenvalue weighted by molar-refractivity contribution is -0.385. The van der Waals surface area contributed by atoms with E-state index in [0.29, 0.717) is 18.7 Å². The van der Waals surface area contributed by atoms with Gasteiger partial charge >= 0.3 is 0 Å². The average molecular weight is 295 g/mol. The van der Waals surface area contributed by atoms with Gasteiger partial charge in [0.1, 0.15) is 5.69 Å². The summed E-state index contributed by atoms with van der Waals surface area (Å²) in [6.07, 6.45) is 2.26. The summed E-state index contributed by atoms with van der Waals surface area (Å²) >= 11 is 0. The van der Waals surface area contributed by atoms with E-state index >= 15 is 0 Å². The third kappa shape index (κ3) is 3.96. The molecule has 0 atom stereocenters. The van der Waals surface area contributed by atoms with Crippen molar-refractivity contribution in [2.24, 2.45) is 0 Å². The van der Waals surface area contributed by atoms with Crippen molar-refractivity contribution in [3.63, 3.8) is 0 Å². The predicted octanol–water partition coefficient (Wildman–Crippen LogP) is 1.32. The number of rotatable bonds is 7. The van der Waals surface area contributed by atoms with Crippen molar-refractivity contribution in [1.29, 1.82) is 0 Å². The Kier molecular flexibility index (Phi) is 4.77. The molecule has 21 heavy (non-hydrogen) atoms. The molecule has 112 valence electrons. The second kappa shape index (κ2) is 6.75. The average Bonchev–Trinajstić information content (AvgIpc) is 2.91. The quantitative estimate of drug-likeness (QED) is 0.589. The van der Waals surface area contributed by atoms with Gasteiger partial charge in [-0.05, 0) is 12.5 Å². The van der Waals surface area contributed by atoms with Gasteiger partial charge in [-0.15, -0.1) is 5.10 Å². The van der Waals surface area contributed by atoms with Gasteiger partial charge in [0, 0.05) is 19.2 Å². The molecule has 0 saturated heterocycles. The molecular weight excluding hydrogens is 281 g/mol. The Balaban J connectivity index is 1.96. The van der Waals surface area contributed by atoms with Gasteiger partial charge in [-0.2, -0.15) is 0 Å². The van der Waals surface area contributed by atoms with Crippen LogP contribution in [0.2, 0.25) is 0 Å². The molecule has 0 aliphatic rings. The van der Waals surface area contributed by atoms with E-state index in [1.807, 2.05) is 0 Å². The fourth-order valence-electron chi connectivity index (χ4n) is 1.71. The number of aryl methyl sites for hydroxylation is 1. The van der Waals surface area contributed by atoms with Crippen LogP contribution in [-0.2, 0) is 13.1 Å². The van der Waals surface area contributed by atoms with Crippen LogP contribution >= 0.6 is 0 Å². The molecule has 2 N–H and O–H groups in total. The van der Waals surface area contributed by atoms with Crippen LogP contribution in [0.25, 0.3) is 0 Å². The predicted molar refractivity (Wildman–Crippen MR) is 72.1 cm³/mol. The number of non-ortho nitro benzene ring substituents is 1. The van der Waals surface area contributed by atoms with E-state index in [4.69, 9.17) is 5.11 Å². The Labute approximate surface area is 119 Å². The molecule has 8 nitrogen and oxygen atoms in total. The molecule has 0 spiro atoms. The summed E-state index contributed by atoms with van der Waals surface area (Å²) in [6.45, 7) is 0.866. The SMILES string of the molecule is O=[N+]([O-])c1ccc(NCc2cn(CCCO)nn2)c(F)c1. The standard InChI is InChI=1S/C12H14FN5O3/c13-11-6-10(18(20)21)2-3-12(11)14-7-9-8-17(16-15-9)4-1-5-19/h2-3,6,8,14,19H,1,4-5,7H2. The van der Waals surface area contributed by atoms with Crippen LogP contribution < -0.4 is 5.32 Å². The molecular formula is C12H14FN5O3. The van der Waals surface area contributed by atoms with E-state index in [1.54, 1.807) is 10.9 Å². The summed E-state index contributed by atoms with van der Waals surface area (Å²) in [5, 5.41) is 29.8. The molecule has 0 fully saturated rings. The van der Waals surface area contributed by atoms with Crippen LogP contribution in [0, 0.1) is 15.9 Å². The van der Waals surface area contributed by atoms with E-state index in [9.17, 15) is 14.5 Å². The first kappa shape index (κ1) is 14.9. The Morgan fingerprint density at radius 1 is 1.48 bits per heavy atom. The largest absolute Gasteiger partial charge is 0.396 e. The highest BCUT2D eigenvalue weighted by atomic mass is 19.1. The van der Waals surface area contributed by atoms with E-state index in [0.717, 1.165) is 6.07 Å². The minimum Gasteiger partial charge on any atom is -0.396 e. The lowest BCUT2D eigenvalue weighted by atomic mass is 10.2. The monoisotopic (exact) mass is 295 g/mol. The van der Waals surface area contributed by atoms with Crippen molar-refractivity contribution >= 4 is 11.4 Å². The number of nitro benzene ring substituents is 1. The minimum absolute atomic E-state index is 0.0709. The summed E-state index contributed by atoms with van der Waals surface area (Å²) in [5.41, 5.74) is 0.462. The zero-order valence-corrected chi connectivity index (χ0v) is 11.1. The first-order valence-electron chi connectivity index (χ1n) is 6.28. The number of nitro groups is 1. The number of nitrogens with one attached hydrogen (secondary N) is 1. The maximum absolute atomic E-state index is 13.6. The van der Waals surface area contributed by atoms with Gasteiger partial charge in [0.2, 0.25) is 0 Å². The Bertz CT molecular complexity index is 631. The molecule has 0 unspecified atom stereocenters. The smallest absolute Gasteiger partial charge is 0.272 e. The van der Waals surface area contributed by atoms with Gasteiger partial charge in [0.15, 0.2) is 5.82 Å². The molecule has 0 aliphatic heterocycles. The molecule has 2 aromatic rings.